The molecule has 7 nitrogen and oxygen atoms in total. The number of hydrogen-bond acceptors (Lipinski definition) is 7. The van der Waals surface area contributed by atoms with Crippen LogP contribution < -0.4 is 14.2 Å². The van der Waals surface area contributed by atoms with Gasteiger partial charge in [-0.15, -0.1) is 0 Å². The average molecular weight is 557 g/mol. The monoisotopic (exact) mass is 556 g/mol. The van der Waals surface area contributed by atoms with Crippen molar-refractivity contribution in [2.75, 3.05) is 39.6 Å². The maximum absolute atomic E-state index is 11.4. The average Bonchev–Trinajstić information content (AvgIpc) is 2.98. The zero-order valence-electron chi connectivity index (χ0n) is 23.0. The van der Waals surface area contributed by atoms with E-state index in [-0.39, 0.29) is 45.4 Å². The number of rotatable bonds is 9. The molecule has 0 aliphatic heterocycles. The summed E-state index contributed by atoms with van der Waals surface area (Å²) in [4.78, 5) is 0. The highest BCUT2D eigenvalue weighted by atomic mass is 16.5. The van der Waals surface area contributed by atoms with Crippen LogP contribution in [0, 0.1) is 0 Å². The van der Waals surface area contributed by atoms with E-state index in [1.54, 1.807) is 0 Å². The first-order valence-electron chi connectivity index (χ1n) is 14.0. The summed E-state index contributed by atoms with van der Waals surface area (Å²) in [6, 6.07) is 23.7. The molecule has 1 aliphatic carbocycles. The number of aliphatic hydroxyl groups excluding tert-OH is 3. The first kappa shape index (κ1) is 28.5. The molecule has 4 aromatic carbocycles. The SMILES string of the molecule is OCCOc1c2cccc1Cc1cccc(c1OCCO)Cc1cccc(c1OCCO)Cc1cccc(c1O)C2. The Kier molecular flexibility index (Phi) is 9.41. The maximum Gasteiger partial charge on any atom is 0.126 e. The lowest BCUT2D eigenvalue weighted by molar-refractivity contribution is 0.197. The first-order valence-corrected chi connectivity index (χ1v) is 14.0. The van der Waals surface area contributed by atoms with E-state index in [4.69, 9.17) is 14.2 Å². The van der Waals surface area contributed by atoms with Crippen LogP contribution >= 0.6 is 0 Å². The standard InChI is InChI=1S/C34H36O7/c35-13-16-39-32-25-7-2-9-27(32)21-29-11-4-12-30(34(29)41-18-15-37)22-28-10-3-8-26(33(28)40-17-14-36)20-24-6-1-5-23(19-25)31(24)38/h1-12,35-38H,13-22H2. The van der Waals surface area contributed by atoms with Crippen molar-refractivity contribution in [3.8, 4) is 23.0 Å². The predicted molar refractivity (Wildman–Crippen MR) is 156 cm³/mol. The third-order valence-corrected chi connectivity index (χ3v) is 7.27. The molecule has 41 heavy (non-hydrogen) atoms. The summed E-state index contributed by atoms with van der Waals surface area (Å²) in [6.45, 7) is 0.0976. The molecule has 0 atom stereocenters. The molecule has 4 N–H and O–H groups in total. The van der Waals surface area contributed by atoms with Gasteiger partial charge in [0.15, 0.2) is 0 Å². The molecule has 0 amide bonds. The number of hydrogen-bond donors (Lipinski definition) is 4. The highest BCUT2D eigenvalue weighted by Gasteiger charge is 2.20. The van der Waals surface area contributed by atoms with Crippen LogP contribution in [0.1, 0.15) is 44.5 Å². The van der Waals surface area contributed by atoms with Crippen LogP contribution in [0.3, 0.4) is 0 Å². The molecular formula is C34H36O7. The number of fused-ring (bicyclic) bond motifs is 8. The van der Waals surface area contributed by atoms with Crippen LogP contribution in [0.25, 0.3) is 0 Å². The molecule has 0 heterocycles. The van der Waals surface area contributed by atoms with Crippen LogP contribution in [-0.2, 0) is 25.7 Å². The van der Waals surface area contributed by atoms with E-state index in [0.717, 1.165) is 44.5 Å². The normalized spacial score (nSPS) is 12.6. The summed E-state index contributed by atoms with van der Waals surface area (Å²) < 4.78 is 18.4. The molecule has 7 heteroatoms. The summed E-state index contributed by atoms with van der Waals surface area (Å²) in [7, 11) is 0. The van der Waals surface area contributed by atoms with Gasteiger partial charge in [0, 0.05) is 25.7 Å². The van der Waals surface area contributed by atoms with Gasteiger partial charge in [0.1, 0.15) is 42.8 Å². The molecule has 0 unspecified atom stereocenters. The summed E-state index contributed by atoms with van der Waals surface area (Å²) in [5.41, 5.74) is 7.07. The second-order valence-corrected chi connectivity index (χ2v) is 10.1. The third-order valence-electron chi connectivity index (χ3n) is 7.27. The van der Waals surface area contributed by atoms with Gasteiger partial charge in [-0.05, 0) is 44.5 Å². The fourth-order valence-corrected chi connectivity index (χ4v) is 5.50. The van der Waals surface area contributed by atoms with Crippen LogP contribution in [-0.4, -0.2) is 60.1 Å². The zero-order valence-corrected chi connectivity index (χ0v) is 23.0. The van der Waals surface area contributed by atoms with Crippen LogP contribution in [0.4, 0.5) is 0 Å². The minimum Gasteiger partial charge on any atom is -0.507 e. The minimum absolute atomic E-state index is 0.115. The molecule has 1 aliphatic rings. The van der Waals surface area contributed by atoms with E-state index < -0.39 is 0 Å². The van der Waals surface area contributed by atoms with Gasteiger partial charge in [-0.2, -0.15) is 0 Å². The maximum atomic E-state index is 11.4. The highest BCUT2D eigenvalue weighted by molar-refractivity contribution is 5.55. The lowest BCUT2D eigenvalue weighted by atomic mass is 9.91. The van der Waals surface area contributed by atoms with Gasteiger partial charge in [0.2, 0.25) is 0 Å². The Morgan fingerprint density at radius 3 is 0.927 bits per heavy atom. The van der Waals surface area contributed by atoms with Gasteiger partial charge < -0.3 is 34.6 Å². The van der Waals surface area contributed by atoms with Crippen molar-refractivity contribution < 1.29 is 34.6 Å². The van der Waals surface area contributed by atoms with Crippen LogP contribution in [0.2, 0.25) is 0 Å². The largest absolute Gasteiger partial charge is 0.507 e. The Morgan fingerprint density at radius 1 is 0.415 bits per heavy atom. The summed E-state index contributed by atoms with van der Waals surface area (Å²) in [5, 5.41) is 40.1. The molecule has 5 rings (SSSR count). The first-order chi connectivity index (χ1) is 20.1. The van der Waals surface area contributed by atoms with Gasteiger partial charge in [0.05, 0.1) is 19.8 Å². The smallest absolute Gasteiger partial charge is 0.126 e. The van der Waals surface area contributed by atoms with E-state index >= 15 is 0 Å². The van der Waals surface area contributed by atoms with E-state index in [2.05, 4.69) is 0 Å². The van der Waals surface area contributed by atoms with Gasteiger partial charge >= 0.3 is 0 Å². The number of phenols is 1. The Hall–Kier alpha value is -4.04. The molecule has 0 spiro atoms. The van der Waals surface area contributed by atoms with Crippen molar-refractivity contribution in [2.24, 2.45) is 0 Å². The molecule has 0 saturated carbocycles. The molecule has 8 bridgehead atoms. The predicted octanol–water partition coefficient (Wildman–Crippen LogP) is 4.18. The number of aromatic hydroxyl groups is 1. The Balaban J connectivity index is 1.72. The van der Waals surface area contributed by atoms with Crippen molar-refractivity contribution in [3.63, 3.8) is 0 Å². The minimum atomic E-state index is -0.118. The van der Waals surface area contributed by atoms with Gasteiger partial charge in [-0.1, -0.05) is 72.8 Å². The lowest BCUT2D eigenvalue weighted by Gasteiger charge is -2.21. The second-order valence-electron chi connectivity index (χ2n) is 10.1. The second kappa shape index (κ2) is 13.5. The van der Waals surface area contributed by atoms with Gasteiger partial charge in [-0.3, -0.25) is 0 Å². The highest BCUT2D eigenvalue weighted by Crippen LogP contribution is 2.38. The molecule has 4 aromatic rings. The number of aliphatic hydroxyl groups is 3. The number of benzene rings is 4. The Bertz CT molecular complexity index is 1380. The zero-order chi connectivity index (χ0) is 28.6. The number of phenolic OH excluding ortho intramolecular Hbond substituents is 1. The number of ether oxygens (including phenoxy) is 3. The van der Waals surface area contributed by atoms with Crippen molar-refractivity contribution in [2.45, 2.75) is 25.7 Å². The van der Waals surface area contributed by atoms with Crippen molar-refractivity contribution in [1.82, 2.24) is 0 Å². The molecule has 214 valence electrons. The molecule has 0 aromatic heterocycles. The summed E-state index contributed by atoms with van der Waals surface area (Å²) in [6.07, 6.45) is 1.89. The van der Waals surface area contributed by atoms with Crippen molar-refractivity contribution in [3.05, 3.63) is 117 Å². The number of para-hydroxylation sites is 4. The fraction of sp³-hybridized carbons (Fsp3) is 0.294. The quantitative estimate of drug-likeness (QED) is 0.216. The molecule has 0 fully saturated rings. The van der Waals surface area contributed by atoms with Gasteiger partial charge in [-0.25, -0.2) is 0 Å². The molecule has 0 radical (unpaired) electrons. The fourth-order valence-electron chi connectivity index (χ4n) is 5.50. The van der Waals surface area contributed by atoms with Crippen LogP contribution in [0.15, 0.2) is 72.8 Å². The van der Waals surface area contributed by atoms with Crippen molar-refractivity contribution >= 4 is 0 Å². The topological polar surface area (TPSA) is 109 Å². The van der Waals surface area contributed by atoms with Crippen LogP contribution in [0.5, 0.6) is 23.0 Å². The Morgan fingerprint density at radius 2 is 0.659 bits per heavy atom. The van der Waals surface area contributed by atoms with E-state index in [1.807, 2.05) is 72.8 Å². The summed E-state index contributed by atoms with van der Waals surface area (Å²) in [5.74, 6) is 2.29. The van der Waals surface area contributed by atoms with E-state index in [0.29, 0.717) is 42.9 Å². The molecular weight excluding hydrogens is 520 g/mol. The van der Waals surface area contributed by atoms with Gasteiger partial charge in [0.25, 0.3) is 0 Å². The lowest BCUT2D eigenvalue weighted by Crippen LogP contribution is -2.11. The molecule has 0 saturated heterocycles. The summed E-state index contributed by atoms with van der Waals surface area (Å²) >= 11 is 0. The van der Waals surface area contributed by atoms with E-state index in [1.165, 1.54) is 0 Å². The third kappa shape index (κ3) is 6.49. The van der Waals surface area contributed by atoms with Crippen molar-refractivity contribution in [1.29, 1.82) is 0 Å². The van der Waals surface area contributed by atoms with E-state index in [9.17, 15) is 20.4 Å². The Labute approximate surface area is 240 Å².